The molecule has 0 bridgehead atoms. The molecule has 0 unspecified atom stereocenters. The summed E-state index contributed by atoms with van der Waals surface area (Å²) in [6.07, 6.45) is 1.31. The number of nitrogen functional groups attached to an aromatic ring is 1. The van der Waals surface area contributed by atoms with Gasteiger partial charge in [-0.15, -0.1) is 0 Å². The number of rotatable bonds is 3. The zero-order chi connectivity index (χ0) is 18.5. The van der Waals surface area contributed by atoms with E-state index in [9.17, 15) is 8.42 Å². The molecule has 0 saturated heterocycles. The van der Waals surface area contributed by atoms with E-state index in [-0.39, 0.29) is 21.1 Å². The fraction of sp³-hybridized carbons (Fsp3) is 0.118. The SMILES string of the molecule is Cc1cc(C)n(-c2ncnc3c(S(=O)(=O)c4ccccc4)c(N)[nH]c23)n1. The molecule has 0 fully saturated rings. The van der Waals surface area contributed by atoms with Crippen molar-refractivity contribution in [2.75, 3.05) is 5.73 Å². The maximum absolute atomic E-state index is 13.1. The summed E-state index contributed by atoms with van der Waals surface area (Å²) in [5.41, 5.74) is 8.39. The quantitative estimate of drug-likeness (QED) is 0.572. The van der Waals surface area contributed by atoms with Gasteiger partial charge in [0.25, 0.3) is 0 Å². The fourth-order valence-electron chi connectivity index (χ4n) is 2.98. The van der Waals surface area contributed by atoms with E-state index in [0.717, 1.165) is 11.4 Å². The van der Waals surface area contributed by atoms with Gasteiger partial charge in [0.2, 0.25) is 9.84 Å². The number of nitrogens with zero attached hydrogens (tertiary/aromatic N) is 4. The number of hydrogen-bond donors (Lipinski definition) is 2. The molecular weight excluding hydrogens is 352 g/mol. The van der Waals surface area contributed by atoms with Crippen molar-refractivity contribution in [2.45, 2.75) is 23.6 Å². The van der Waals surface area contributed by atoms with E-state index in [2.05, 4.69) is 20.1 Å². The summed E-state index contributed by atoms with van der Waals surface area (Å²) in [6.45, 7) is 3.76. The Morgan fingerprint density at radius 2 is 1.85 bits per heavy atom. The molecular formula is C17H16N6O2S. The summed E-state index contributed by atoms with van der Waals surface area (Å²) in [4.78, 5) is 11.5. The minimum Gasteiger partial charge on any atom is -0.384 e. The van der Waals surface area contributed by atoms with Gasteiger partial charge in [0, 0.05) is 5.69 Å². The summed E-state index contributed by atoms with van der Waals surface area (Å²) in [7, 11) is -3.83. The van der Waals surface area contributed by atoms with E-state index in [1.165, 1.54) is 18.5 Å². The van der Waals surface area contributed by atoms with Crippen LogP contribution < -0.4 is 5.73 Å². The first-order chi connectivity index (χ1) is 12.4. The van der Waals surface area contributed by atoms with Gasteiger partial charge in [0.15, 0.2) is 5.82 Å². The highest BCUT2D eigenvalue weighted by Gasteiger charge is 2.28. The Kier molecular flexibility index (Phi) is 3.55. The zero-order valence-electron chi connectivity index (χ0n) is 14.1. The lowest BCUT2D eigenvalue weighted by Crippen LogP contribution is -2.05. The predicted molar refractivity (Wildman–Crippen MR) is 96.8 cm³/mol. The lowest BCUT2D eigenvalue weighted by molar-refractivity contribution is 0.597. The molecule has 132 valence electrons. The van der Waals surface area contributed by atoms with Gasteiger partial charge in [-0.05, 0) is 32.0 Å². The first kappa shape index (κ1) is 16.3. The molecule has 1 aromatic carbocycles. The molecule has 9 heteroatoms. The Hall–Kier alpha value is -3.20. The van der Waals surface area contributed by atoms with E-state index in [4.69, 9.17) is 5.73 Å². The number of hydrogen-bond acceptors (Lipinski definition) is 6. The van der Waals surface area contributed by atoms with Crippen LogP contribution in [0.5, 0.6) is 0 Å². The first-order valence-corrected chi connectivity index (χ1v) is 9.34. The Morgan fingerprint density at radius 1 is 1.12 bits per heavy atom. The molecule has 0 aliphatic carbocycles. The molecule has 0 spiro atoms. The summed E-state index contributed by atoms with van der Waals surface area (Å²) < 4.78 is 27.8. The fourth-order valence-corrected chi connectivity index (χ4v) is 4.48. The first-order valence-electron chi connectivity index (χ1n) is 7.85. The number of fused-ring (bicyclic) bond motifs is 1. The lowest BCUT2D eigenvalue weighted by atomic mass is 10.4. The molecule has 0 amide bonds. The second-order valence-corrected chi connectivity index (χ2v) is 7.83. The van der Waals surface area contributed by atoms with Crippen LogP contribution in [0.25, 0.3) is 16.9 Å². The number of aromatic amines is 1. The summed E-state index contributed by atoms with van der Waals surface area (Å²) in [5.74, 6) is 0.467. The van der Waals surface area contributed by atoms with Gasteiger partial charge >= 0.3 is 0 Å². The van der Waals surface area contributed by atoms with E-state index >= 15 is 0 Å². The van der Waals surface area contributed by atoms with Crippen LogP contribution in [0, 0.1) is 13.8 Å². The maximum atomic E-state index is 13.1. The molecule has 4 rings (SSSR count). The van der Waals surface area contributed by atoms with Crippen LogP contribution in [-0.2, 0) is 9.84 Å². The second kappa shape index (κ2) is 5.67. The van der Waals surface area contributed by atoms with Crippen LogP contribution in [0.1, 0.15) is 11.4 Å². The number of aryl methyl sites for hydroxylation is 2. The number of sulfone groups is 1. The van der Waals surface area contributed by atoms with Crippen LogP contribution in [0.2, 0.25) is 0 Å². The number of H-pyrrole nitrogens is 1. The standard InChI is InChI=1S/C17H16N6O2S/c1-10-8-11(2)23(22-10)17-14-13(19-9-20-17)15(16(18)21-14)26(24,25)12-6-4-3-5-7-12/h3-9,21H,18H2,1-2H3. The van der Waals surface area contributed by atoms with Crippen LogP contribution in [0.15, 0.2) is 52.5 Å². The summed E-state index contributed by atoms with van der Waals surface area (Å²) >= 11 is 0. The second-order valence-electron chi connectivity index (χ2n) is 5.94. The van der Waals surface area contributed by atoms with E-state index in [0.29, 0.717) is 11.3 Å². The third-order valence-corrected chi connectivity index (χ3v) is 5.92. The Morgan fingerprint density at radius 3 is 2.50 bits per heavy atom. The summed E-state index contributed by atoms with van der Waals surface area (Å²) in [5, 5.41) is 4.41. The average Bonchev–Trinajstić information content (AvgIpc) is 3.13. The van der Waals surface area contributed by atoms with Gasteiger partial charge in [0.05, 0.1) is 10.6 Å². The smallest absolute Gasteiger partial charge is 0.212 e. The predicted octanol–water partition coefficient (Wildman–Crippen LogP) is 2.18. The third-order valence-electron chi connectivity index (χ3n) is 4.08. The monoisotopic (exact) mass is 368 g/mol. The highest BCUT2D eigenvalue weighted by molar-refractivity contribution is 7.92. The van der Waals surface area contributed by atoms with Crippen molar-refractivity contribution in [3.63, 3.8) is 0 Å². The number of aromatic nitrogens is 5. The molecule has 0 aliphatic rings. The molecule has 8 nitrogen and oxygen atoms in total. The molecule has 0 radical (unpaired) electrons. The van der Waals surface area contributed by atoms with Crippen molar-refractivity contribution < 1.29 is 8.42 Å². The molecule has 3 N–H and O–H groups in total. The lowest BCUT2D eigenvalue weighted by Gasteiger charge is -2.05. The van der Waals surface area contributed by atoms with Gasteiger partial charge in [-0.3, -0.25) is 0 Å². The van der Waals surface area contributed by atoms with Crippen LogP contribution in [0.4, 0.5) is 5.82 Å². The van der Waals surface area contributed by atoms with Gasteiger partial charge < -0.3 is 10.7 Å². The van der Waals surface area contributed by atoms with Crippen LogP contribution in [-0.4, -0.2) is 33.2 Å². The maximum Gasteiger partial charge on any atom is 0.212 e. The van der Waals surface area contributed by atoms with Crippen molar-refractivity contribution >= 4 is 26.7 Å². The van der Waals surface area contributed by atoms with Crippen molar-refractivity contribution in [1.29, 1.82) is 0 Å². The van der Waals surface area contributed by atoms with Gasteiger partial charge in [-0.25, -0.2) is 23.1 Å². The van der Waals surface area contributed by atoms with Gasteiger partial charge in [-0.2, -0.15) is 5.10 Å². The van der Waals surface area contributed by atoms with Gasteiger partial charge in [-0.1, -0.05) is 18.2 Å². The topological polar surface area (TPSA) is 120 Å². The van der Waals surface area contributed by atoms with Crippen molar-refractivity contribution in [3.8, 4) is 5.82 Å². The van der Waals surface area contributed by atoms with Crippen molar-refractivity contribution in [3.05, 3.63) is 54.1 Å². The average molecular weight is 368 g/mol. The number of nitrogens with two attached hydrogens (primary N) is 1. The Balaban J connectivity index is 2.01. The molecule has 0 aliphatic heterocycles. The third kappa shape index (κ3) is 2.36. The van der Waals surface area contributed by atoms with Crippen molar-refractivity contribution in [2.24, 2.45) is 0 Å². The molecule has 4 aromatic rings. The molecule has 26 heavy (non-hydrogen) atoms. The molecule has 0 saturated carbocycles. The highest BCUT2D eigenvalue weighted by Crippen LogP contribution is 2.33. The van der Waals surface area contributed by atoms with E-state index in [1.807, 2.05) is 19.9 Å². The molecule has 0 atom stereocenters. The largest absolute Gasteiger partial charge is 0.384 e. The number of nitrogens with one attached hydrogen (secondary N) is 1. The van der Waals surface area contributed by atoms with Crippen LogP contribution >= 0.6 is 0 Å². The Labute approximate surface area is 149 Å². The number of benzene rings is 1. The number of anilines is 1. The normalized spacial score (nSPS) is 11.9. The minimum absolute atomic E-state index is 0.0205. The highest BCUT2D eigenvalue weighted by atomic mass is 32.2. The Bertz CT molecular complexity index is 1230. The van der Waals surface area contributed by atoms with E-state index in [1.54, 1.807) is 22.9 Å². The van der Waals surface area contributed by atoms with Crippen molar-refractivity contribution in [1.82, 2.24) is 24.7 Å². The molecule has 3 aromatic heterocycles. The van der Waals surface area contributed by atoms with Gasteiger partial charge in [0.1, 0.15) is 28.1 Å². The minimum atomic E-state index is -3.83. The zero-order valence-corrected chi connectivity index (χ0v) is 14.9. The molecule has 3 heterocycles. The summed E-state index contributed by atoms with van der Waals surface area (Å²) in [6, 6.07) is 10.0. The van der Waals surface area contributed by atoms with E-state index < -0.39 is 9.84 Å². The van der Waals surface area contributed by atoms with Crippen LogP contribution in [0.3, 0.4) is 0 Å².